The summed E-state index contributed by atoms with van der Waals surface area (Å²) in [6.07, 6.45) is 0. The van der Waals surface area contributed by atoms with Crippen molar-refractivity contribution in [3.8, 4) is 11.5 Å². The van der Waals surface area contributed by atoms with E-state index in [1.54, 1.807) is 42.5 Å². The van der Waals surface area contributed by atoms with Gasteiger partial charge in [0.1, 0.15) is 11.5 Å². The molecule has 0 heterocycles. The maximum atomic E-state index is 12.1. The van der Waals surface area contributed by atoms with E-state index in [1.165, 1.54) is 7.11 Å². The predicted molar refractivity (Wildman–Crippen MR) is 79.3 cm³/mol. The first-order chi connectivity index (χ1) is 9.61. The molecule has 2 aromatic carbocycles. The van der Waals surface area contributed by atoms with Crippen LogP contribution in [0, 0.1) is 0 Å². The lowest BCUT2D eigenvalue weighted by Gasteiger charge is -2.09. The molecule has 0 amide bonds. The van der Waals surface area contributed by atoms with E-state index in [1.807, 2.05) is 0 Å². The fourth-order valence-corrected chi connectivity index (χ4v) is 2.15. The Morgan fingerprint density at radius 2 is 1.85 bits per heavy atom. The van der Waals surface area contributed by atoms with Gasteiger partial charge in [-0.05, 0) is 30.3 Å². The molecule has 20 heavy (non-hydrogen) atoms. The Balaban J connectivity index is 2.09. The molecule has 0 atom stereocenters. The van der Waals surface area contributed by atoms with Gasteiger partial charge < -0.3 is 9.47 Å². The normalized spacial score (nSPS) is 10.2. The van der Waals surface area contributed by atoms with Crippen molar-refractivity contribution in [2.45, 2.75) is 0 Å². The highest BCUT2D eigenvalue weighted by atomic mass is 35.5. The SMILES string of the molecule is COc1ccccc1C(=O)COc1ccc(Cl)cc1Cl. The van der Waals surface area contributed by atoms with Crippen molar-refractivity contribution in [3.63, 3.8) is 0 Å². The lowest BCUT2D eigenvalue weighted by atomic mass is 10.1. The number of benzene rings is 2. The van der Waals surface area contributed by atoms with Crippen molar-refractivity contribution in [2.24, 2.45) is 0 Å². The Hall–Kier alpha value is -1.71. The molecule has 2 aromatic rings. The van der Waals surface area contributed by atoms with Crippen LogP contribution in [0.3, 0.4) is 0 Å². The lowest BCUT2D eigenvalue weighted by Crippen LogP contribution is -2.12. The summed E-state index contributed by atoms with van der Waals surface area (Å²) >= 11 is 11.8. The number of hydrogen-bond donors (Lipinski definition) is 0. The highest BCUT2D eigenvalue weighted by molar-refractivity contribution is 6.35. The number of methoxy groups -OCH3 is 1. The zero-order chi connectivity index (χ0) is 14.5. The third-order valence-corrected chi connectivity index (χ3v) is 3.19. The van der Waals surface area contributed by atoms with Crippen LogP contribution in [-0.2, 0) is 0 Å². The van der Waals surface area contributed by atoms with Crippen LogP contribution in [-0.4, -0.2) is 19.5 Å². The monoisotopic (exact) mass is 310 g/mol. The average Bonchev–Trinajstić information content (AvgIpc) is 2.46. The highest BCUT2D eigenvalue weighted by Crippen LogP contribution is 2.28. The summed E-state index contributed by atoms with van der Waals surface area (Å²) in [5, 5.41) is 0.878. The molecular formula is C15H12Cl2O3. The van der Waals surface area contributed by atoms with Crippen LogP contribution in [0.15, 0.2) is 42.5 Å². The molecule has 0 aliphatic rings. The van der Waals surface area contributed by atoms with Gasteiger partial charge in [0.25, 0.3) is 0 Å². The van der Waals surface area contributed by atoms with E-state index < -0.39 is 0 Å². The maximum absolute atomic E-state index is 12.1. The topological polar surface area (TPSA) is 35.5 Å². The molecule has 0 aliphatic carbocycles. The van der Waals surface area contributed by atoms with Crippen LogP contribution in [0.4, 0.5) is 0 Å². The summed E-state index contributed by atoms with van der Waals surface area (Å²) in [7, 11) is 1.52. The molecule has 0 bridgehead atoms. The molecule has 0 aromatic heterocycles. The molecule has 0 spiro atoms. The second-order valence-electron chi connectivity index (χ2n) is 3.99. The second-order valence-corrected chi connectivity index (χ2v) is 4.83. The Morgan fingerprint density at radius 1 is 1.10 bits per heavy atom. The van der Waals surface area contributed by atoms with Gasteiger partial charge in [-0.2, -0.15) is 0 Å². The molecule has 0 N–H and O–H groups in total. The number of Topliss-reactive ketones (excluding diaryl/α,β-unsaturated/α-hetero) is 1. The Labute approximate surface area is 127 Å². The van der Waals surface area contributed by atoms with Crippen LogP contribution in [0.5, 0.6) is 11.5 Å². The number of carbonyl (C=O) groups excluding carboxylic acids is 1. The van der Waals surface area contributed by atoms with Crippen molar-refractivity contribution in [1.82, 2.24) is 0 Å². The first kappa shape index (κ1) is 14.7. The number of para-hydroxylation sites is 1. The fourth-order valence-electron chi connectivity index (χ4n) is 1.69. The smallest absolute Gasteiger partial charge is 0.203 e. The quantitative estimate of drug-likeness (QED) is 0.774. The van der Waals surface area contributed by atoms with E-state index in [0.29, 0.717) is 27.1 Å². The third-order valence-electron chi connectivity index (χ3n) is 2.66. The summed E-state index contributed by atoms with van der Waals surface area (Å²) in [6.45, 7) is -0.123. The van der Waals surface area contributed by atoms with Gasteiger partial charge in [-0.15, -0.1) is 0 Å². The summed E-state index contributed by atoms with van der Waals surface area (Å²) in [5.74, 6) is 0.746. The summed E-state index contributed by atoms with van der Waals surface area (Å²) < 4.78 is 10.5. The number of hydrogen-bond acceptors (Lipinski definition) is 3. The van der Waals surface area contributed by atoms with E-state index in [0.717, 1.165) is 0 Å². The molecule has 2 rings (SSSR count). The predicted octanol–water partition coefficient (Wildman–Crippen LogP) is 4.26. The lowest BCUT2D eigenvalue weighted by molar-refractivity contribution is 0.0918. The van der Waals surface area contributed by atoms with Crippen LogP contribution in [0.2, 0.25) is 10.0 Å². The van der Waals surface area contributed by atoms with E-state index in [-0.39, 0.29) is 12.4 Å². The Bertz CT molecular complexity index is 626. The van der Waals surface area contributed by atoms with Crippen molar-refractivity contribution >= 4 is 29.0 Å². The number of ether oxygens (including phenoxy) is 2. The molecule has 5 heteroatoms. The molecule has 0 radical (unpaired) electrons. The van der Waals surface area contributed by atoms with Crippen molar-refractivity contribution in [1.29, 1.82) is 0 Å². The van der Waals surface area contributed by atoms with Crippen molar-refractivity contribution < 1.29 is 14.3 Å². The number of halogens is 2. The van der Waals surface area contributed by atoms with Crippen molar-refractivity contribution in [2.75, 3.05) is 13.7 Å². The van der Waals surface area contributed by atoms with E-state index in [2.05, 4.69) is 0 Å². The first-order valence-corrected chi connectivity index (χ1v) is 6.61. The van der Waals surface area contributed by atoms with Crippen molar-refractivity contribution in [3.05, 3.63) is 58.1 Å². The van der Waals surface area contributed by atoms with Crippen LogP contribution >= 0.6 is 23.2 Å². The van der Waals surface area contributed by atoms with E-state index in [4.69, 9.17) is 32.7 Å². The summed E-state index contributed by atoms with van der Waals surface area (Å²) in [6, 6.07) is 11.8. The van der Waals surface area contributed by atoms with Crippen LogP contribution in [0.1, 0.15) is 10.4 Å². The zero-order valence-corrected chi connectivity index (χ0v) is 12.2. The Morgan fingerprint density at radius 3 is 2.55 bits per heavy atom. The van der Waals surface area contributed by atoms with Gasteiger partial charge in [0.15, 0.2) is 6.61 Å². The zero-order valence-electron chi connectivity index (χ0n) is 10.7. The number of ketones is 1. The maximum Gasteiger partial charge on any atom is 0.203 e. The largest absolute Gasteiger partial charge is 0.496 e. The second kappa shape index (κ2) is 6.64. The van der Waals surface area contributed by atoms with E-state index in [9.17, 15) is 4.79 Å². The van der Waals surface area contributed by atoms with Gasteiger partial charge in [0, 0.05) is 5.02 Å². The van der Waals surface area contributed by atoms with E-state index >= 15 is 0 Å². The van der Waals surface area contributed by atoms with Gasteiger partial charge in [0.05, 0.1) is 17.7 Å². The molecule has 0 saturated carbocycles. The standard InChI is InChI=1S/C15H12Cl2O3/c1-19-14-5-3-2-4-11(14)13(18)9-20-15-7-6-10(16)8-12(15)17/h2-8H,9H2,1H3. The highest BCUT2D eigenvalue weighted by Gasteiger charge is 2.13. The Kier molecular flexibility index (Phi) is 4.88. The fraction of sp³-hybridized carbons (Fsp3) is 0.133. The molecule has 0 unspecified atom stereocenters. The first-order valence-electron chi connectivity index (χ1n) is 5.86. The molecule has 0 saturated heterocycles. The number of carbonyl (C=O) groups is 1. The molecule has 0 fully saturated rings. The minimum Gasteiger partial charge on any atom is -0.496 e. The van der Waals surface area contributed by atoms with Gasteiger partial charge in [0.2, 0.25) is 5.78 Å². The average molecular weight is 311 g/mol. The van der Waals surface area contributed by atoms with Gasteiger partial charge in [-0.1, -0.05) is 35.3 Å². The minimum atomic E-state index is -0.187. The number of rotatable bonds is 5. The minimum absolute atomic E-state index is 0.123. The molecule has 104 valence electrons. The van der Waals surface area contributed by atoms with Gasteiger partial charge in [-0.25, -0.2) is 0 Å². The van der Waals surface area contributed by atoms with Crippen LogP contribution in [0.25, 0.3) is 0 Å². The van der Waals surface area contributed by atoms with Crippen LogP contribution < -0.4 is 9.47 Å². The summed E-state index contributed by atoms with van der Waals surface area (Å²) in [5.41, 5.74) is 0.472. The molecular weight excluding hydrogens is 299 g/mol. The third kappa shape index (κ3) is 3.44. The molecule has 0 aliphatic heterocycles. The van der Waals surface area contributed by atoms with Gasteiger partial charge >= 0.3 is 0 Å². The molecule has 3 nitrogen and oxygen atoms in total. The van der Waals surface area contributed by atoms with Gasteiger partial charge in [-0.3, -0.25) is 4.79 Å². The summed E-state index contributed by atoms with van der Waals surface area (Å²) in [4.78, 5) is 12.1.